The number of nitrogens with two attached hydrogens (primary N) is 1. The molecule has 0 aliphatic rings. The first-order chi connectivity index (χ1) is 6.24. The highest BCUT2D eigenvalue weighted by Crippen LogP contribution is 2.18. The minimum absolute atomic E-state index is 0.252. The largest absolute Gasteiger partial charge is 0.385 e. The van der Waals surface area contributed by atoms with Crippen LogP contribution in [0, 0.1) is 5.82 Å². The Hall–Kier alpha value is -0.610. The van der Waals surface area contributed by atoms with Gasteiger partial charge in [0, 0.05) is 12.2 Å². The molecule has 1 rings (SSSR count). The monoisotopic (exact) mass is 246 g/mol. The summed E-state index contributed by atoms with van der Waals surface area (Å²) in [6, 6.07) is 4.96. The molecule has 0 radical (unpaired) electrons. The third-order valence-corrected chi connectivity index (χ3v) is 2.27. The first-order valence-corrected chi connectivity index (χ1v) is 4.92. The fraction of sp³-hybridized carbons (Fsp3) is 0.333. The molecule has 0 aliphatic heterocycles. The van der Waals surface area contributed by atoms with E-state index in [1.54, 1.807) is 6.07 Å². The number of hydrogen-bond acceptors (Lipinski definition) is 2. The zero-order valence-corrected chi connectivity index (χ0v) is 8.77. The quantitative estimate of drug-likeness (QED) is 0.801. The second-order valence-electron chi connectivity index (χ2n) is 2.70. The van der Waals surface area contributed by atoms with Crippen molar-refractivity contribution in [2.24, 2.45) is 5.73 Å². The molecule has 0 heterocycles. The molecule has 0 unspecified atom stereocenters. The van der Waals surface area contributed by atoms with E-state index in [0.717, 1.165) is 18.7 Å². The number of benzene rings is 1. The maximum atomic E-state index is 13.0. The van der Waals surface area contributed by atoms with Crippen LogP contribution in [0.3, 0.4) is 0 Å². The zero-order valence-electron chi connectivity index (χ0n) is 7.19. The summed E-state index contributed by atoms with van der Waals surface area (Å²) in [6.07, 6.45) is 0.887. The lowest BCUT2D eigenvalue weighted by atomic mass is 10.3. The van der Waals surface area contributed by atoms with Crippen molar-refractivity contribution in [3.8, 4) is 0 Å². The molecule has 0 bridgehead atoms. The molecule has 1 aromatic carbocycles. The molecule has 0 amide bonds. The Morgan fingerprint density at radius 1 is 1.46 bits per heavy atom. The Morgan fingerprint density at radius 3 is 2.85 bits per heavy atom. The second-order valence-corrected chi connectivity index (χ2v) is 3.55. The molecule has 2 nitrogen and oxygen atoms in total. The van der Waals surface area contributed by atoms with E-state index in [1.165, 1.54) is 6.07 Å². The summed E-state index contributed by atoms with van der Waals surface area (Å²) in [7, 11) is 0. The SMILES string of the molecule is NCCCNc1ccc(Br)c(F)c1. The second kappa shape index (κ2) is 5.19. The van der Waals surface area contributed by atoms with Crippen LogP contribution in [-0.2, 0) is 0 Å². The summed E-state index contributed by atoms with van der Waals surface area (Å²) >= 11 is 3.09. The lowest BCUT2D eigenvalue weighted by Crippen LogP contribution is -2.08. The van der Waals surface area contributed by atoms with Crippen LogP contribution in [-0.4, -0.2) is 13.1 Å². The van der Waals surface area contributed by atoms with Gasteiger partial charge in [-0.15, -0.1) is 0 Å². The van der Waals surface area contributed by atoms with E-state index >= 15 is 0 Å². The molecule has 0 saturated carbocycles. The molecule has 1 aromatic rings. The van der Waals surface area contributed by atoms with Crippen LogP contribution < -0.4 is 11.1 Å². The van der Waals surface area contributed by atoms with Gasteiger partial charge in [0.2, 0.25) is 0 Å². The highest BCUT2D eigenvalue weighted by atomic mass is 79.9. The van der Waals surface area contributed by atoms with E-state index < -0.39 is 0 Å². The highest BCUT2D eigenvalue weighted by Gasteiger charge is 1.98. The van der Waals surface area contributed by atoms with E-state index in [2.05, 4.69) is 21.2 Å². The number of nitrogens with one attached hydrogen (secondary N) is 1. The third-order valence-electron chi connectivity index (χ3n) is 1.63. The van der Waals surface area contributed by atoms with Crippen molar-refractivity contribution in [1.82, 2.24) is 0 Å². The normalized spacial score (nSPS) is 10.1. The maximum Gasteiger partial charge on any atom is 0.139 e. The summed E-state index contributed by atoms with van der Waals surface area (Å²) in [5, 5.41) is 3.07. The molecule has 13 heavy (non-hydrogen) atoms. The smallest absolute Gasteiger partial charge is 0.139 e. The first-order valence-electron chi connectivity index (χ1n) is 4.13. The lowest BCUT2D eigenvalue weighted by molar-refractivity contribution is 0.621. The van der Waals surface area contributed by atoms with Gasteiger partial charge in [-0.2, -0.15) is 0 Å². The van der Waals surface area contributed by atoms with Gasteiger partial charge < -0.3 is 11.1 Å². The Morgan fingerprint density at radius 2 is 2.23 bits per heavy atom. The molecular weight excluding hydrogens is 235 g/mol. The van der Waals surface area contributed by atoms with Crippen LogP contribution in [0.25, 0.3) is 0 Å². The van der Waals surface area contributed by atoms with Crippen molar-refractivity contribution in [1.29, 1.82) is 0 Å². The van der Waals surface area contributed by atoms with Gasteiger partial charge >= 0.3 is 0 Å². The van der Waals surface area contributed by atoms with E-state index in [4.69, 9.17) is 5.73 Å². The molecule has 4 heteroatoms. The predicted octanol–water partition coefficient (Wildman–Crippen LogP) is 2.35. The van der Waals surface area contributed by atoms with Crippen LogP contribution in [0.15, 0.2) is 22.7 Å². The summed E-state index contributed by atoms with van der Waals surface area (Å²) < 4.78 is 13.5. The molecular formula is C9H12BrFN2. The molecule has 0 fully saturated rings. The third kappa shape index (κ3) is 3.32. The predicted molar refractivity (Wildman–Crippen MR) is 56.3 cm³/mol. The van der Waals surface area contributed by atoms with Crippen LogP contribution in [0.5, 0.6) is 0 Å². The Bertz CT molecular complexity index is 278. The fourth-order valence-electron chi connectivity index (χ4n) is 0.941. The molecule has 0 aliphatic carbocycles. The standard InChI is InChI=1S/C9H12BrFN2/c10-8-3-2-7(6-9(8)11)13-5-1-4-12/h2-3,6,13H,1,4-5,12H2. The van der Waals surface area contributed by atoms with Crippen molar-refractivity contribution >= 4 is 21.6 Å². The fourth-order valence-corrected chi connectivity index (χ4v) is 1.19. The zero-order chi connectivity index (χ0) is 9.68. The Labute approximate surface area is 85.4 Å². The molecule has 72 valence electrons. The van der Waals surface area contributed by atoms with E-state index in [0.29, 0.717) is 11.0 Å². The molecule has 0 spiro atoms. The highest BCUT2D eigenvalue weighted by molar-refractivity contribution is 9.10. The minimum atomic E-state index is -0.252. The van der Waals surface area contributed by atoms with E-state index in [1.807, 2.05) is 6.07 Å². The lowest BCUT2D eigenvalue weighted by Gasteiger charge is -2.05. The van der Waals surface area contributed by atoms with Gasteiger partial charge in [-0.3, -0.25) is 0 Å². The van der Waals surface area contributed by atoms with Crippen molar-refractivity contribution in [2.75, 3.05) is 18.4 Å². The van der Waals surface area contributed by atoms with Gasteiger partial charge in [-0.25, -0.2) is 4.39 Å². The first kappa shape index (κ1) is 10.5. The van der Waals surface area contributed by atoms with Gasteiger partial charge in [0.05, 0.1) is 4.47 Å². The van der Waals surface area contributed by atoms with E-state index in [9.17, 15) is 4.39 Å². The summed E-state index contributed by atoms with van der Waals surface area (Å²) in [5.74, 6) is -0.252. The van der Waals surface area contributed by atoms with Gasteiger partial charge in [0.1, 0.15) is 5.82 Å². The van der Waals surface area contributed by atoms with Crippen LogP contribution in [0.2, 0.25) is 0 Å². The molecule has 0 aromatic heterocycles. The van der Waals surface area contributed by atoms with Crippen molar-refractivity contribution in [2.45, 2.75) is 6.42 Å². The van der Waals surface area contributed by atoms with Crippen molar-refractivity contribution in [3.05, 3.63) is 28.5 Å². The summed E-state index contributed by atoms with van der Waals surface area (Å²) in [4.78, 5) is 0. The topological polar surface area (TPSA) is 38.0 Å². The van der Waals surface area contributed by atoms with Crippen LogP contribution >= 0.6 is 15.9 Å². The maximum absolute atomic E-state index is 13.0. The molecule has 0 atom stereocenters. The van der Waals surface area contributed by atoms with Gasteiger partial charge in [0.25, 0.3) is 0 Å². The number of rotatable bonds is 4. The number of anilines is 1. The van der Waals surface area contributed by atoms with Crippen molar-refractivity contribution in [3.63, 3.8) is 0 Å². The van der Waals surface area contributed by atoms with Crippen LogP contribution in [0.4, 0.5) is 10.1 Å². The van der Waals surface area contributed by atoms with Gasteiger partial charge in [-0.05, 0) is 47.1 Å². The minimum Gasteiger partial charge on any atom is -0.385 e. The summed E-state index contributed by atoms with van der Waals surface area (Å²) in [6.45, 7) is 1.42. The van der Waals surface area contributed by atoms with Gasteiger partial charge in [0.15, 0.2) is 0 Å². The van der Waals surface area contributed by atoms with Crippen LogP contribution in [0.1, 0.15) is 6.42 Å². The van der Waals surface area contributed by atoms with E-state index in [-0.39, 0.29) is 5.82 Å². The molecule has 0 saturated heterocycles. The number of halogens is 2. The van der Waals surface area contributed by atoms with Gasteiger partial charge in [-0.1, -0.05) is 0 Å². The average Bonchev–Trinajstić information content (AvgIpc) is 2.12. The average molecular weight is 247 g/mol. The molecule has 3 N–H and O–H groups in total. The van der Waals surface area contributed by atoms with Crippen molar-refractivity contribution < 1.29 is 4.39 Å². The number of hydrogen-bond donors (Lipinski definition) is 2. The Balaban J connectivity index is 2.53. The summed E-state index contributed by atoms with van der Waals surface area (Å²) in [5.41, 5.74) is 6.11. The Kier molecular flexibility index (Phi) is 4.18.